The van der Waals surface area contributed by atoms with Crippen molar-refractivity contribution in [2.75, 3.05) is 12.4 Å². The van der Waals surface area contributed by atoms with Crippen LogP contribution in [0, 0.1) is 12.8 Å². The van der Waals surface area contributed by atoms with E-state index in [1.807, 2.05) is 0 Å². The fourth-order valence-electron chi connectivity index (χ4n) is 2.75. The Labute approximate surface area is 148 Å². The number of ether oxygens (including phenoxy) is 1. The van der Waals surface area contributed by atoms with Gasteiger partial charge in [-0.25, -0.2) is 14.8 Å². The molecule has 0 radical (unpaired) electrons. The Hall–Kier alpha value is -2.49. The van der Waals surface area contributed by atoms with Crippen LogP contribution in [0.3, 0.4) is 0 Å². The fraction of sp³-hybridized carbons (Fsp3) is 0.533. The molecule has 2 aromatic rings. The summed E-state index contributed by atoms with van der Waals surface area (Å²) in [5, 5.41) is 12.8. The SMILES string of the molecule is COC(=O)C1CCc2sc(NC(=O)NC(C)c3n[nH]c(C)n3)nc2C1. The van der Waals surface area contributed by atoms with Crippen LogP contribution in [-0.2, 0) is 22.4 Å². The van der Waals surface area contributed by atoms with Crippen LogP contribution in [0.2, 0.25) is 0 Å². The van der Waals surface area contributed by atoms with E-state index in [4.69, 9.17) is 4.74 Å². The molecule has 2 atom stereocenters. The minimum Gasteiger partial charge on any atom is -0.469 e. The van der Waals surface area contributed by atoms with E-state index < -0.39 is 0 Å². The van der Waals surface area contributed by atoms with Crippen molar-refractivity contribution in [3.8, 4) is 0 Å². The molecule has 0 bridgehead atoms. The first-order chi connectivity index (χ1) is 12.0. The second-order valence-corrected chi connectivity index (χ2v) is 7.03. The van der Waals surface area contributed by atoms with Gasteiger partial charge >= 0.3 is 12.0 Å². The van der Waals surface area contributed by atoms with Crippen molar-refractivity contribution in [3.63, 3.8) is 0 Å². The monoisotopic (exact) mass is 364 g/mol. The zero-order valence-electron chi connectivity index (χ0n) is 14.3. The smallest absolute Gasteiger partial charge is 0.321 e. The highest BCUT2D eigenvalue weighted by atomic mass is 32.1. The number of amides is 2. The molecule has 2 heterocycles. The zero-order valence-corrected chi connectivity index (χ0v) is 15.1. The van der Waals surface area contributed by atoms with Crippen molar-refractivity contribution in [2.24, 2.45) is 5.92 Å². The molecule has 10 heteroatoms. The van der Waals surface area contributed by atoms with E-state index in [0.29, 0.717) is 23.2 Å². The molecule has 0 saturated heterocycles. The summed E-state index contributed by atoms with van der Waals surface area (Å²) < 4.78 is 4.81. The van der Waals surface area contributed by atoms with Crippen molar-refractivity contribution in [1.29, 1.82) is 0 Å². The van der Waals surface area contributed by atoms with E-state index in [1.165, 1.54) is 18.4 Å². The third-order valence-electron chi connectivity index (χ3n) is 4.04. The van der Waals surface area contributed by atoms with E-state index in [9.17, 15) is 9.59 Å². The van der Waals surface area contributed by atoms with Crippen LogP contribution >= 0.6 is 11.3 Å². The van der Waals surface area contributed by atoms with Gasteiger partial charge in [-0.05, 0) is 26.7 Å². The highest BCUT2D eigenvalue weighted by Gasteiger charge is 2.28. The third kappa shape index (κ3) is 3.95. The number of aromatic nitrogens is 4. The predicted octanol–water partition coefficient (Wildman–Crippen LogP) is 1.73. The summed E-state index contributed by atoms with van der Waals surface area (Å²) in [6.07, 6.45) is 2.06. The van der Waals surface area contributed by atoms with E-state index in [-0.39, 0.29) is 24.0 Å². The molecule has 134 valence electrons. The maximum atomic E-state index is 12.1. The largest absolute Gasteiger partial charge is 0.469 e. The van der Waals surface area contributed by atoms with Crippen molar-refractivity contribution >= 4 is 28.5 Å². The molecular formula is C15H20N6O3S. The number of rotatable bonds is 4. The Morgan fingerprint density at radius 2 is 2.20 bits per heavy atom. The van der Waals surface area contributed by atoms with E-state index >= 15 is 0 Å². The summed E-state index contributed by atoms with van der Waals surface area (Å²) in [5.41, 5.74) is 0.861. The minimum atomic E-state index is -0.370. The standard InChI is InChI=1S/C15H20N6O3S/c1-7(12-17-8(2)20-21-12)16-14(23)19-15-18-10-6-9(13(22)24-3)4-5-11(10)25-15/h7,9H,4-6H2,1-3H3,(H,17,20,21)(H2,16,18,19,23). The molecule has 0 aliphatic heterocycles. The lowest BCUT2D eigenvalue weighted by Gasteiger charge is -2.18. The Kier molecular flexibility index (Phi) is 4.98. The number of aromatic amines is 1. The summed E-state index contributed by atoms with van der Waals surface area (Å²) in [7, 11) is 1.40. The first-order valence-electron chi connectivity index (χ1n) is 7.99. The van der Waals surface area contributed by atoms with Gasteiger partial charge in [-0.2, -0.15) is 5.10 Å². The van der Waals surface area contributed by atoms with Crippen LogP contribution in [0.1, 0.15) is 41.6 Å². The number of methoxy groups -OCH3 is 1. The molecule has 0 spiro atoms. The van der Waals surface area contributed by atoms with Crippen LogP contribution < -0.4 is 10.6 Å². The normalized spacial score (nSPS) is 17.5. The van der Waals surface area contributed by atoms with E-state index in [2.05, 4.69) is 30.8 Å². The molecule has 2 unspecified atom stereocenters. The number of H-pyrrole nitrogens is 1. The molecule has 2 amide bonds. The van der Waals surface area contributed by atoms with Crippen LogP contribution in [0.5, 0.6) is 0 Å². The summed E-state index contributed by atoms with van der Waals surface area (Å²) in [6.45, 7) is 3.60. The highest BCUT2D eigenvalue weighted by Crippen LogP contribution is 2.32. The second-order valence-electron chi connectivity index (χ2n) is 5.95. The quantitative estimate of drug-likeness (QED) is 0.710. The topological polar surface area (TPSA) is 122 Å². The molecule has 9 nitrogen and oxygen atoms in total. The van der Waals surface area contributed by atoms with Gasteiger partial charge in [0, 0.05) is 11.3 Å². The molecule has 0 aromatic carbocycles. The minimum absolute atomic E-state index is 0.157. The van der Waals surface area contributed by atoms with Gasteiger partial charge in [-0.3, -0.25) is 15.2 Å². The van der Waals surface area contributed by atoms with Crippen molar-refractivity contribution in [3.05, 3.63) is 22.2 Å². The highest BCUT2D eigenvalue weighted by molar-refractivity contribution is 7.15. The van der Waals surface area contributed by atoms with E-state index in [1.54, 1.807) is 13.8 Å². The Morgan fingerprint density at radius 3 is 2.88 bits per heavy atom. The number of hydrogen-bond acceptors (Lipinski definition) is 7. The van der Waals surface area contributed by atoms with Gasteiger partial charge in [0.15, 0.2) is 11.0 Å². The first-order valence-corrected chi connectivity index (χ1v) is 8.80. The molecule has 0 saturated carbocycles. The Morgan fingerprint density at radius 1 is 1.40 bits per heavy atom. The predicted molar refractivity (Wildman–Crippen MR) is 91.3 cm³/mol. The number of thiazole rings is 1. The Bertz CT molecular complexity index is 786. The fourth-order valence-corrected chi connectivity index (χ4v) is 3.75. The zero-order chi connectivity index (χ0) is 18.0. The molecule has 1 aliphatic rings. The maximum absolute atomic E-state index is 12.1. The van der Waals surface area contributed by atoms with Crippen molar-refractivity contribution in [1.82, 2.24) is 25.5 Å². The van der Waals surface area contributed by atoms with E-state index in [0.717, 1.165) is 23.4 Å². The third-order valence-corrected chi connectivity index (χ3v) is 5.12. The lowest BCUT2D eigenvalue weighted by Crippen LogP contribution is -2.31. The van der Waals surface area contributed by atoms with Crippen LogP contribution in [0.15, 0.2) is 0 Å². The van der Waals surface area contributed by atoms with Crippen LogP contribution in [-0.4, -0.2) is 39.3 Å². The molecule has 0 fully saturated rings. The van der Waals surface area contributed by atoms with Crippen LogP contribution in [0.4, 0.5) is 9.93 Å². The molecule has 2 aromatic heterocycles. The van der Waals surface area contributed by atoms with Crippen molar-refractivity contribution in [2.45, 2.75) is 39.2 Å². The maximum Gasteiger partial charge on any atom is 0.321 e. The van der Waals surface area contributed by atoms with Gasteiger partial charge in [0.1, 0.15) is 5.82 Å². The Balaban J connectivity index is 1.59. The number of esters is 1. The van der Waals surface area contributed by atoms with Gasteiger partial charge in [0.25, 0.3) is 0 Å². The summed E-state index contributed by atoms with van der Waals surface area (Å²) in [4.78, 5) is 33.6. The van der Waals surface area contributed by atoms with Gasteiger partial charge in [-0.15, -0.1) is 11.3 Å². The van der Waals surface area contributed by atoms with Crippen LogP contribution in [0.25, 0.3) is 0 Å². The van der Waals surface area contributed by atoms with Gasteiger partial charge in [0.2, 0.25) is 0 Å². The lowest BCUT2D eigenvalue weighted by atomic mass is 9.91. The molecule has 3 N–H and O–H groups in total. The number of aryl methyl sites for hydroxylation is 2. The number of urea groups is 1. The number of anilines is 1. The molecule has 3 rings (SSSR count). The van der Waals surface area contributed by atoms with Gasteiger partial charge < -0.3 is 10.1 Å². The van der Waals surface area contributed by atoms with Gasteiger partial charge in [0.05, 0.1) is 24.8 Å². The summed E-state index contributed by atoms with van der Waals surface area (Å²) in [6, 6.07) is -0.700. The van der Waals surface area contributed by atoms with Crippen molar-refractivity contribution < 1.29 is 14.3 Å². The number of hydrogen-bond donors (Lipinski definition) is 3. The number of carbonyl (C=O) groups is 2. The summed E-state index contributed by atoms with van der Waals surface area (Å²) >= 11 is 1.44. The number of nitrogens with one attached hydrogen (secondary N) is 3. The number of fused-ring (bicyclic) bond motifs is 1. The van der Waals surface area contributed by atoms with Gasteiger partial charge in [-0.1, -0.05) is 0 Å². The lowest BCUT2D eigenvalue weighted by molar-refractivity contribution is -0.145. The molecule has 1 aliphatic carbocycles. The number of carbonyl (C=O) groups excluding carboxylic acids is 2. The molecule has 25 heavy (non-hydrogen) atoms. The first kappa shape index (κ1) is 17.3. The number of nitrogens with zero attached hydrogens (tertiary/aromatic N) is 3. The average molecular weight is 364 g/mol. The average Bonchev–Trinajstić information content (AvgIpc) is 3.18. The second kappa shape index (κ2) is 7.18. The summed E-state index contributed by atoms with van der Waals surface area (Å²) in [5.74, 6) is 0.848. The molecular weight excluding hydrogens is 344 g/mol.